The number of aromatic carboxylic acids is 1. The van der Waals surface area contributed by atoms with Crippen LogP contribution in [0.3, 0.4) is 0 Å². The van der Waals surface area contributed by atoms with Gasteiger partial charge in [0.25, 0.3) is 0 Å². The number of benzene rings is 2. The number of carboxylic acids is 1. The first-order chi connectivity index (χ1) is 12.6. The zero-order valence-corrected chi connectivity index (χ0v) is 16.4. The number of carbonyl (C=O) groups excluding carboxylic acids is 1. The highest BCUT2D eigenvalue weighted by atomic mass is 16.4. The van der Waals surface area contributed by atoms with Gasteiger partial charge in [-0.3, -0.25) is 4.79 Å². The first kappa shape index (κ1) is 19.1. The zero-order valence-electron chi connectivity index (χ0n) is 16.4. The van der Waals surface area contributed by atoms with Gasteiger partial charge in [0, 0.05) is 5.56 Å². The summed E-state index contributed by atoms with van der Waals surface area (Å²) in [6, 6.07) is 12.6. The lowest BCUT2D eigenvalue weighted by Gasteiger charge is -2.42. The Bertz CT molecular complexity index is 915. The van der Waals surface area contributed by atoms with Crippen molar-refractivity contribution in [2.45, 2.75) is 51.4 Å². The van der Waals surface area contributed by atoms with Gasteiger partial charge < -0.3 is 5.11 Å². The first-order valence-corrected chi connectivity index (χ1v) is 9.31. The summed E-state index contributed by atoms with van der Waals surface area (Å²) < 4.78 is 0. The van der Waals surface area contributed by atoms with Crippen LogP contribution >= 0.6 is 0 Å². The van der Waals surface area contributed by atoms with E-state index >= 15 is 0 Å². The molecular weight excluding hydrogens is 336 g/mol. The number of ketones is 1. The molecule has 1 aliphatic carbocycles. The van der Waals surface area contributed by atoms with E-state index in [4.69, 9.17) is 5.11 Å². The van der Waals surface area contributed by atoms with E-state index < -0.39 is 5.97 Å². The molecular formula is C24H26O3. The molecule has 0 saturated heterocycles. The summed E-state index contributed by atoms with van der Waals surface area (Å²) in [6.07, 6.45) is 5.53. The Morgan fingerprint density at radius 2 is 1.41 bits per heavy atom. The van der Waals surface area contributed by atoms with Crippen molar-refractivity contribution in [1.29, 1.82) is 0 Å². The van der Waals surface area contributed by atoms with E-state index in [1.54, 1.807) is 24.3 Å². The highest BCUT2D eigenvalue weighted by molar-refractivity contribution is 6.07. The topological polar surface area (TPSA) is 54.4 Å². The molecule has 3 nitrogen and oxygen atoms in total. The molecule has 0 aliphatic heterocycles. The summed E-state index contributed by atoms with van der Waals surface area (Å²) in [5, 5.41) is 8.95. The molecule has 3 rings (SSSR count). The lowest BCUT2D eigenvalue weighted by molar-refractivity contribution is 0.0696. The summed E-state index contributed by atoms with van der Waals surface area (Å²) in [5.74, 6) is -1.000. The van der Waals surface area contributed by atoms with Crippen molar-refractivity contribution in [3.05, 3.63) is 76.4 Å². The number of rotatable bonds is 4. The maximum atomic E-state index is 12.7. The summed E-state index contributed by atoms with van der Waals surface area (Å²) in [7, 11) is 0. The molecule has 140 valence electrons. The molecule has 0 fully saturated rings. The second-order valence-electron chi connectivity index (χ2n) is 8.65. The average molecular weight is 362 g/mol. The van der Waals surface area contributed by atoms with E-state index in [1.807, 2.05) is 6.07 Å². The molecule has 27 heavy (non-hydrogen) atoms. The Balaban J connectivity index is 1.86. The van der Waals surface area contributed by atoms with Crippen LogP contribution in [0.4, 0.5) is 0 Å². The van der Waals surface area contributed by atoms with Crippen LogP contribution in [0.5, 0.6) is 0 Å². The van der Waals surface area contributed by atoms with E-state index in [0.717, 1.165) is 18.4 Å². The predicted molar refractivity (Wildman–Crippen MR) is 108 cm³/mol. The van der Waals surface area contributed by atoms with Crippen molar-refractivity contribution < 1.29 is 14.7 Å². The van der Waals surface area contributed by atoms with Gasteiger partial charge in [0.05, 0.1) is 5.56 Å². The molecule has 0 atom stereocenters. The molecule has 0 amide bonds. The first-order valence-electron chi connectivity index (χ1n) is 9.31. The fraction of sp³-hybridized carbons (Fsp3) is 0.333. The molecule has 0 radical (unpaired) electrons. The van der Waals surface area contributed by atoms with E-state index in [2.05, 4.69) is 39.8 Å². The van der Waals surface area contributed by atoms with Crippen LogP contribution in [-0.4, -0.2) is 16.9 Å². The van der Waals surface area contributed by atoms with Crippen molar-refractivity contribution in [2.24, 2.45) is 0 Å². The Morgan fingerprint density at radius 3 is 2.00 bits per heavy atom. The third-order valence-electron chi connectivity index (χ3n) is 5.72. The zero-order chi connectivity index (χ0) is 19.8. The van der Waals surface area contributed by atoms with Crippen LogP contribution in [0, 0.1) is 0 Å². The minimum Gasteiger partial charge on any atom is -0.478 e. The Hall–Kier alpha value is -2.68. The Labute approximate surface area is 160 Å². The fourth-order valence-electron chi connectivity index (χ4n) is 3.75. The molecule has 1 N–H and O–H groups in total. The number of hydrogen-bond acceptors (Lipinski definition) is 2. The maximum absolute atomic E-state index is 12.7. The normalized spacial score (nSPS) is 17.5. The van der Waals surface area contributed by atoms with Crippen LogP contribution < -0.4 is 0 Å². The van der Waals surface area contributed by atoms with Crippen LogP contribution in [-0.2, 0) is 10.8 Å². The summed E-state index contributed by atoms with van der Waals surface area (Å²) >= 11 is 0. The highest BCUT2D eigenvalue weighted by Gasteiger charge is 2.37. The lowest BCUT2D eigenvalue weighted by atomic mass is 9.63. The number of allylic oxidation sites excluding steroid dienone is 1. The molecule has 0 aromatic heterocycles. The minimum absolute atomic E-state index is 0.0423. The highest BCUT2D eigenvalue weighted by Crippen LogP contribution is 2.45. The van der Waals surface area contributed by atoms with Crippen molar-refractivity contribution in [3.8, 4) is 0 Å². The van der Waals surface area contributed by atoms with Gasteiger partial charge in [0.1, 0.15) is 0 Å². The Morgan fingerprint density at radius 1 is 0.852 bits per heavy atom. The van der Waals surface area contributed by atoms with Gasteiger partial charge in [-0.1, -0.05) is 58.0 Å². The third-order valence-corrected chi connectivity index (χ3v) is 5.72. The molecule has 0 saturated carbocycles. The Kier molecular flexibility index (Phi) is 4.81. The van der Waals surface area contributed by atoms with Crippen molar-refractivity contribution in [3.63, 3.8) is 0 Å². The van der Waals surface area contributed by atoms with E-state index in [9.17, 15) is 9.59 Å². The number of hydrogen-bond donors (Lipinski definition) is 1. The van der Waals surface area contributed by atoms with Crippen molar-refractivity contribution in [1.82, 2.24) is 0 Å². The van der Waals surface area contributed by atoms with Gasteiger partial charge in [0.2, 0.25) is 0 Å². The summed E-state index contributed by atoms with van der Waals surface area (Å²) in [5.41, 5.74) is 4.53. The number of carbonyl (C=O) groups is 2. The van der Waals surface area contributed by atoms with Crippen LogP contribution in [0.1, 0.15) is 77.9 Å². The van der Waals surface area contributed by atoms with Crippen LogP contribution in [0.15, 0.2) is 48.5 Å². The van der Waals surface area contributed by atoms with Gasteiger partial charge in [0.15, 0.2) is 5.78 Å². The second kappa shape index (κ2) is 6.80. The predicted octanol–water partition coefficient (Wildman–Crippen LogP) is 5.63. The summed E-state index contributed by atoms with van der Waals surface area (Å²) in [4.78, 5) is 23.6. The molecule has 0 unspecified atom stereocenters. The van der Waals surface area contributed by atoms with Crippen LogP contribution in [0.25, 0.3) is 6.08 Å². The van der Waals surface area contributed by atoms with Gasteiger partial charge in [-0.05, 0) is 64.6 Å². The van der Waals surface area contributed by atoms with Crippen LogP contribution in [0.2, 0.25) is 0 Å². The van der Waals surface area contributed by atoms with Gasteiger partial charge in [-0.25, -0.2) is 4.79 Å². The monoisotopic (exact) mass is 362 g/mol. The summed E-state index contributed by atoms with van der Waals surface area (Å²) in [6.45, 7) is 9.02. The standard InChI is InChI=1S/C24H26O3/c1-23(2)13-14-24(3,4)20-15-18(10-11-19(20)23)21(25)12-7-16-5-8-17(9-6-16)22(26)27/h5-12,15H,13-14H2,1-4H3,(H,26,27)/b12-7+. The van der Waals surface area contributed by atoms with Gasteiger partial charge >= 0.3 is 5.97 Å². The SMILES string of the molecule is CC1(C)CCC(C)(C)c2cc(C(=O)/C=C/c3ccc(C(=O)O)cc3)ccc21. The maximum Gasteiger partial charge on any atom is 0.335 e. The molecule has 0 bridgehead atoms. The van der Waals surface area contributed by atoms with Crippen molar-refractivity contribution >= 4 is 17.8 Å². The molecule has 0 spiro atoms. The third kappa shape index (κ3) is 3.87. The molecule has 0 heterocycles. The smallest absolute Gasteiger partial charge is 0.335 e. The molecule has 1 aliphatic rings. The van der Waals surface area contributed by atoms with Gasteiger partial charge in [-0.15, -0.1) is 0 Å². The van der Waals surface area contributed by atoms with E-state index in [1.165, 1.54) is 23.3 Å². The second-order valence-corrected chi connectivity index (χ2v) is 8.65. The number of fused-ring (bicyclic) bond motifs is 1. The van der Waals surface area contributed by atoms with Crippen molar-refractivity contribution in [2.75, 3.05) is 0 Å². The molecule has 2 aromatic rings. The number of carboxylic acid groups (broad SMARTS) is 1. The molecule has 3 heteroatoms. The fourth-order valence-corrected chi connectivity index (χ4v) is 3.75. The lowest BCUT2D eigenvalue weighted by Crippen LogP contribution is -2.34. The molecule has 2 aromatic carbocycles. The van der Waals surface area contributed by atoms with Gasteiger partial charge in [-0.2, -0.15) is 0 Å². The average Bonchev–Trinajstić information content (AvgIpc) is 2.63. The quantitative estimate of drug-likeness (QED) is 0.566. The minimum atomic E-state index is -0.957. The largest absolute Gasteiger partial charge is 0.478 e. The van der Waals surface area contributed by atoms with E-state index in [-0.39, 0.29) is 22.2 Å². The van der Waals surface area contributed by atoms with E-state index in [0.29, 0.717) is 5.56 Å².